The van der Waals surface area contributed by atoms with Crippen LogP contribution in [0.5, 0.6) is 11.5 Å². The maximum absolute atomic E-state index is 12.5. The number of halogens is 1. The number of nitrogen functional groups attached to an aromatic ring is 1. The highest BCUT2D eigenvalue weighted by molar-refractivity contribution is 7.84. The summed E-state index contributed by atoms with van der Waals surface area (Å²) >= 11 is 6.12. The molecule has 2 N–H and O–H groups in total. The number of hydrogen-bond acceptors (Lipinski definition) is 4. The lowest BCUT2D eigenvalue weighted by molar-refractivity contribution is 0.171. The number of anilines is 1. The average molecular weight is 324 g/mol. The topological polar surface area (TPSA) is 61.6 Å². The van der Waals surface area contributed by atoms with E-state index in [9.17, 15) is 4.21 Å². The molecule has 3 rings (SSSR count). The first-order valence-corrected chi connectivity index (χ1v) is 8.15. The van der Waals surface area contributed by atoms with Crippen molar-refractivity contribution >= 4 is 28.1 Å². The molecule has 2 aromatic carbocycles. The van der Waals surface area contributed by atoms with Gasteiger partial charge in [-0.25, -0.2) is 0 Å². The molecule has 0 saturated carbocycles. The highest BCUT2D eigenvalue weighted by Crippen LogP contribution is 2.32. The molecule has 0 radical (unpaired) electrons. The van der Waals surface area contributed by atoms with Crippen molar-refractivity contribution in [2.75, 3.05) is 18.9 Å². The first-order valence-electron chi connectivity index (χ1n) is 6.45. The van der Waals surface area contributed by atoms with Crippen LogP contribution in [0.15, 0.2) is 41.3 Å². The molecule has 1 atom stereocenters. The fourth-order valence-electron chi connectivity index (χ4n) is 2.07. The standard InChI is InChI=1S/C15H14ClNO3S/c16-13-7-11(17)2-1-10(13)9-21(18)12-3-4-14-15(8-12)20-6-5-19-14/h1-4,7-8H,5-6,9,17H2. The largest absolute Gasteiger partial charge is 0.486 e. The van der Waals surface area contributed by atoms with Gasteiger partial charge in [0.25, 0.3) is 0 Å². The van der Waals surface area contributed by atoms with E-state index in [1.165, 1.54) is 0 Å². The van der Waals surface area contributed by atoms with E-state index in [1.54, 1.807) is 36.4 Å². The van der Waals surface area contributed by atoms with Gasteiger partial charge in [-0.15, -0.1) is 0 Å². The molecule has 1 heterocycles. The van der Waals surface area contributed by atoms with Crippen molar-refractivity contribution in [3.8, 4) is 11.5 Å². The molecular formula is C15H14ClNO3S. The Hall–Kier alpha value is -1.72. The van der Waals surface area contributed by atoms with Gasteiger partial charge >= 0.3 is 0 Å². The molecule has 0 saturated heterocycles. The third kappa shape index (κ3) is 3.14. The van der Waals surface area contributed by atoms with Gasteiger partial charge in [0.2, 0.25) is 0 Å². The van der Waals surface area contributed by atoms with Crippen molar-refractivity contribution in [3.05, 3.63) is 47.0 Å². The van der Waals surface area contributed by atoms with Gasteiger partial charge in [-0.2, -0.15) is 0 Å². The lowest BCUT2D eigenvalue weighted by Crippen LogP contribution is -2.15. The quantitative estimate of drug-likeness (QED) is 0.882. The second-order valence-electron chi connectivity index (χ2n) is 4.65. The maximum Gasteiger partial charge on any atom is 0.162 e. The van der Waals surface area contributed by atoms with Crippen LogP contribution in [0.25, 0.3) is 0 Å². The Kier molecular flexibility index (Phi) is 4.03. The highest BCUT2D eigenvalue weighted by atomic mass is 35.5. The van der Waals surface area contributed by atoms with Crippen LogP contribution in [0.2, 0.25) is 5.02 Å². The fraction of sp³-hybridized carbons (Fsp3) is 0.200. The van der Waals surface area contributed by atoms with Gasteiger partial charge in [-0.05, 0) is 29.8 Å². The first-order chi connectivity index (χ1) is 10.1. The molecule has 21 heavy (non-hydrogen) atoms. The third-order valence-electron chi connectivity index (χ3n) is 3.14. The zero-order valence-corrected chi connectivity index (χ0v) is 12.7. The summed E-state index contributed by atoms with van der Waals surface area (Å²) in [6.07, 6.45) is 0. The number of nitrogens with two attached hydrogens (primary N) is 1. The molecule has 0 aliphatic carbocycles. The average Bonchev–Trinajstić information content (AvgIpc) is 2.49. The van der Waals surface area contributed by atoms with Gasteiger partial charge in [-0.3, -0.25) is 4.21 Å². The molecule has 0 aromatic heterocycles. The summed E-state index contributed by atoms with van der Waals surface area (Å²) < 4.78 is 23.4. The highest BCUT2D eigenvalue weighted by Gasteiger charge is 2.15. The predicted octanol–water partition coefficient (Wildman–Crippen LogP) is 3.00. The van der Waals surface area contributed by atoms with Gasteiger partial charge < -0.3 is 15.2 Å². The van der Waals surface area contributed by atoms with Crippen molar-refractivity contribution in [2.45, 2.75) is 10.6 Å². The van der Waals surface area contributed by atoms with Crippen LogP contribution >= 0.6 is 11.6 Å². The van der Waals surface area contributed by atoms with Gasteiger partial charge in [-0.1, -0.05) is 17.7 Å². The molecule has 0 fully saturated rings. The van der Waals surface area contributed by atoms with Crippen LogP contribution in [0.4, 0.5) is 5.69 Å². The second kappa shape index (κ2) is 5.95. The van der Waals surface area contributed by atoms with Crippen LogP contribution in [0.3, 0.4) is 0 Å². The molecule has 0 amide bonds. The minimum atomic E-state index is -1.21. The van der Waals surface area contributed by atoms with E-state index < -0.39 is 10.8 Å². The summed E-state index contributed by atoms with van der Waals surface area (Å²) in [6, 6.07) is 10.5. The van der Waals surface area contributed by atoms with Gasteiger partial charge in [0.1, 0.15) is 13.2 Å². The normalized spacial score (nSPS) is 14.7. The summed E-state index contributed by atoms with van der Waals surface area (Å²) in [7, 11) is -1.21. The Morgan fingerprint density at radius 2 is 1.86 bits per heavy atom. The molecule has 1 unspecified atom stereocenters. The van der Waals surface area contributed by atoms with Crippen molar-refractivity contribution in [1.29, 1.82) is 0 Å². The first kappa shape index (κ1) is 14.2. The molecule has 2 aromatic rings. The zero-order chi connectivity index (χ0) is 14.8. The summed E-state index contributed by atoms with van der Waals surface area (Å²) in [4.78, 5) is 0.687. The summed E-state index contributed by atoms with van der Waals surface area (Å²) in [6.45, 7) is 1.04. The predicted molar refractivity (Wildman–Crippen MR) is 83.4 cm³/mol. The van der Waals surface area contributed by atoms with E-state index in [1.807, 2.05) is 0 Å². The second-order valence-corrected chi connectivity index (χ2v) is 6.50. The van der Waals surface area contributed by atoms with Crippen LogP contribution < -0.4 is 15.2 Å². The van der Waals surface area contributed by atoms with E-state index in [4.69, 9.17) is 26.8 Å². The summed E-state index contributed by atoms with van der Waals surface area (Å²) in [5.41, 5.74) is 7.05. The molecule has 4 nitrogen and oxygen atoms in total. The van der Waals surface area contributed by atoms with Crippen LogP contribution in [-0.4, -0.2) is 17.4 Å². The number of rotatable bonds is 3. The molecular weight excluding hydrogens is 310 g/mol. The van der Waals surface area contributed by atoms with E-state index in [-0.39, 0.29) is 0 Å². The summed E-state index contributed by atoms with van der Waals surface area (Å²) in [5.74, 6) is 1.65. The van der Waals surface area contributed by atoms with Gasteiger partial charge in [0.15, 0.2) is 11.5 Å². The molecule has 0 bridgehead atoms. The van der Waals surface area contributed by atoms with Gasteiger partial charge in [0.05, 0.1) is 16.6 Å². The van der Waals surface area contributed by atoms with E-state index in [0.29, 0.717) is 46.1 Å². The molecule has 1 aliphatic rings. The minimum absolute atomic E-state index is 0.332. The third-order valence-corrected chi connectivity index (χ3v) is 4.85. The Bertz CT molecular complexity index is 705. The number of benzene rings is 2. The SMILES string of the molecule is Nc1ccc(CS(=O)c2ccc3c(c2)OCCO3)c(Cl)c1. The van der Waals surface area contributed by atoms with Gasteiger partial charge in [0, 0.05) is 21.7 Å². The Morgan fingerprint density at radius 3 is 2.62 bits per heavy atom. The van der Waals surface area contributed by atoms with Crippen molar-refractivity contribution in [2.24, 2.45) is 0 Å². The van der Waals surface area contributed by atoms with Crippen LogP contribution in [0, 0.1) is 0 Å². The number of fused-ring (bicyclic) bond motifs is 1. The maximum atomic E-state index is 12.5. The number of hydrogen-bond donors (Lipinski definition) is 1. The van der Waals surface area contributed by atoms with Crippen molar-refractivity contribution < 1.29 is 13.7 Å². The van der Waals surface area contributed by atoms with E-state index >= 15 is 0 Å². The Morgan fingerprint density at radius 1 is 1.10 bits per heavy atom. The lowest BCUT2D eigenvalue weighted by atomic mass is 10.2. The monoisotopic (exact) mass is 323 g/mol. The minimum Gasteiger partial charge on any atom is -0.486 e. The Balaban J connectivity index is 1.82. The van der Waals surface area contributed by atoms with Crippen LogP contribution in [0.1, 0.15) is 5.56 Å². The van der Waals surface area contributed by atoms with Crippen molar-refractivity contribution in [1.82, 2.24) is 0 Å². The molecule has 110 valence electrons. The smallest absolute Gasteiger partial charge is 0.162 e. The zero-order valence-electron chi connectivity index (χ0n) is 11.2. The number of ether oxygens (including phenoxy) is 2. The van der Waals surface area contributed by atoms with Crippen molar-refractivity contribution in [3.63, 3.8) is 0 Å². The molecule has 1 aliphatic heterocycles. The Labute approximate surface area is 130 Å². The van der Waals surface area contributed by atoms with Crippen LogP contribution in [-0.2, 0) is 16.6 Å². The molecule has 6 heteroatoms. The van der Waals surface area contributed by atoms with E-state index in [0.717, 1.165) is 5.56 Å². The lowest BCUT2D eigenvalue weighted by Gasteiger charge is -2.18. The van der Waals surface area contributed by atoms with E-state index in [2.05, 4.69) is 0 Å². The fourth-order valence-corrected chi connectivity index (χ4v) is 3.56. The summed E-state index contributed by atoms with van der Waals surface area (Å²) in [5, 5.41) is 0.529. The molecule has 0 spiro atoms.